The topological polar surface area (TPSA) is 96.5 Å². The number of carbonyl (C=O) groups is 1. The van der Waals surface area contributed by atoms with Crippen LogP contribution in [0.2, 0.25) is 0 Å². The highest BCUT2D eigenvalue weighted by Crippen LogP contribution is 2.39. The molecule has 3 unspecified atom stereocenters. The minimum atomic E-state index is -3.26. The summed E-state index contributed by atoms with van der Waals surface area (Å²) in [4.78, 5) is 12.3. The van der Waals surface area contributed by atoms with Crippen molar-refractivity contribution >= 4 is 15.9 Å². The van der Waals surface area contributed by atoms with E-state index in [1.54, 1.807) is 13.2 Å². The zero-order valence-electron chi connectivity index (χ0n) is 20.6. The highest BCUT2D eigenvalue weighted by molar-refractivity contribution is 7.88. The summed E-state index contributed by atoms with van der Waals surface area (Å²) in [6, 6.07) is 12.4. The normalized spacial score (nSPS) is 18.9. The number of nitrogens with one attached hydrogen (secondary N) is 3. The summed E-state index contributed by atoms with van der Waals surface area (Å²) < 4.78 is 43.3. The first-order valence-electron chi connectivity index (χ1n) is 12.1. The Morgan fingerprint density at radius 3 is 2.54 bits per heavy atom. The van der Waals surface area contributed by atoms with Crippen LogP contribution in [0.1, 0.15) is 66.1 Å². The molecule has 1 amide bonds. The van der Waals surface area contributed by atoms with Crippen molar-refractivity contribution in [3.8, 4) is 5.75 Å². The van der Waals surface area contributed by atoms with Gasteiger partial charge in [-0.25, -0.2) is 17.5 Å². The lowest BCUT2D eigenvalue weighted by Gasteiger charge is -2.19. The molecule has 1 aliphatic carbocycles. The van der Waals surface area contributed by atoms with Crippen molar-refractivity contribution in [3.63, 3.8) is 0 Å². The second-order valence-electron chi connectivity index (χ2n) is 9.27. The molecule has 0 heterocycles. The monoisotopic (exact) mass is 505 g/mol. The number of hydrogen-bond acceptors (Lipinski definition) is 5. The zero-order chi connectivity index (χ0) is 25.4. The van der Waals surface area contributed by atoms with Crippen LogP contribution in [0.15, 0.2) is 42.5 Å². The lowest BCUT2D eigenvalue weighted by Crippen LogP contribution is -2.34. The predicted molar refractivity (Wildman–Crippen MR) is 136 cm³/mol. The Kier molecular flexibility index (Phi) is 9.65. The van der Waals surface area contributed by atoms with Gasteiger partial charge in [0.2, 0.25) is 10.0 Å². The average molecular weight is 506 g/mol. The van der Waals surface area contributed by atoms with Crippen molar-refractivity contribution in [2.24, 2.45) is 5.92 Å². The molecule has 192 valence electrons. The van der Waals surface area contributed by atoms with E-state index in [1.165, 1.54) is 24.1 Å². The predicted octanol–water partition coefficient (Wildman–Crippen LogP) is 3.74. The van der Waals surface area contributed by atoms with Crippen LogP contribution in [0.4, 0.5) is 4.39 Å². The van der Waals surface area contributed by atoms with E-state index < -0.39 is 10.0 Å². The number of carbonyl (C=O) groups excluding carboxylic acids is 1. The van der Waals surface area contributed by atoms with Gasteiger partial charge in [0.1, 0.15) is 11.6 Å². The second kappa shape index (κ2) is 12.5. The summed E-state index contributed by atoms with van der Waals surface area (Å²) in [5.74, 6) is 1.18. The van der Waals surface area contributed by atoms with Crippen molar-refractivity contribution < 1.29 is 22.3 Å². The van der Waals surface area contributed by atoms with Gasteiger partial charge < -0.3 is 15.4 Å². The zero-order valence-corrected chi connectivity index (χ0v) is 21.5. The van der Waals surface area contributed by atoms with E-state index in [1.807, 2.05) is 24.3 Å². The average Bonchev–Trinajstić information content (AvgIpc) is 3.30. The highest BCUT2D eigenvalue weighted by Gasteiger charge is 2.26. The Morgan fingerprint density at radius 2 is 1.86 bits per heavy atom. The number of hydrogen-bond donors (Lipinski definition) is 3. The van der Waals surface area contributed by atoms with Crippen LogP contribution in [0, 0.1) is 11.7 Å². The van der Waals surface area contributed by atoms with Crippen molar-refractivity contribution in [3.05, 3.63) is 65.0 Å². The molecule has 1 saturated carbocycles. The number of halogens is 1. The number of methoxy groups -OCH3 is 1. The van der Waals surface area contributed by atoms with Crippen molar-refractivity contribution in [1.29, 1.82) is 0 Å². The van der Waals surface area contributed by atoms with Crippen molar-refractivity contribution in [1.82, 2.24) is 15.4 Å². The van der Waals surface area contributed by atoms with Crippen LogP contribution in [0.25, 0.3) is 0 Å². The first-order chi connectivity index (χ1) is 16.7. The number of rotatable bonds is 12. The number of sulfonamides is 1. The summed E-state index contributed by atoms with van der Waals surface area (Å²) >= 11 is 0. The molecule has 1 fully saturated rings. The number of amides is 1. The van der Waals surface area contributed by atoms with E-state index >= 15 is 0 Å². The molecule has 0 spiro atoms. The summed E-state index contributed by atoms with van der Waals surface area (Å²) in [5, 5.41) is 6.26. The Bertz CT molecular complexity index is 1090. The second-order valence-corrected chi connectivity index (χ2v) is 11.1. The molecule has 7 nitrogen and oxygen atoms in total. The third kappa shape index (κ3) is 8.30. The molecule has 0 radical (unpaired) electrons. The molecule has 2 aromatic carbocycles. The van der Waals surface area contributed by atoms with Gasteiger partial charge >= 0.3 is 0 Å². The van der Waals surface area contributed by atoms with Gasteiger partial charge in [-0.3, -0.25) is 4.79 Å². The summed E-state index contributed by atoms with van der Waals surface area (Å²) in [6.45, 7) is 3.34. The van der Waals surface area contributed by atoms with Crippen LogP contribution in [-0.2, 0) is 10.0 Å². The first kappa shape index (κ1) is 27.1. The Hall–Kier alpha value is -2.49. The van der Waals surface area contributed by atoms with Gasteiger partial charge in [0.25, 0.3) is 5.91 Å². The summed E-state index contributed by atoms with van der Waals surface area (Å²) in [7, 11) is -1.70. The molecule has 3 atom stereocenters. The minimum Gasteiger partial charge on any atom is -0.496 e. The Morgan fingerprint density at radius 1 is 1.11 bits per heavy atom. The minimum absolute atomic E-state index is 0.0728. The van der Waals surface area contributed by atoms with E-state index in [0.717, 1.165) is 37.6 Å². The first-order valence-corrected chi connectivity index (χ1v) is 13.9. The van der Waals surface area contributed by atoms with Gasteiger partial charge in [-0.2, -0.15) is 0 Å². The van der Waals surface area contributed by atoms with Crippen LogP contribution in [-0.4, -0.2) is 47.3 Å². The quantitative estimate of drug-likeness (QED) is 0.382. The van der Waals surface area contributed by atoms with Gasteiger partial charge in [0, 0.05) is 36.3 Å². The molecule has 9 heteroatoms. The highest BCUT2D eigenvalue weighted by atomic mass is 32.2. The molecule has 35 heavy (non-hydrogen) atoms. The van der Waals surface area contributed by atoms with E-state index in [-0.39, 0.29) is 30.9 Å². The Balaban J connectivity index is 1.42. The van der Waals surface area contributed by atoms with Gasteiger partial charge in [-0.05, 0) is 74.8 Å². The number of benzene rings is 2. The molecule has 1 aliphatic rings. The van der Waals surface area contributed by atoms with Crippen LogP contribution < -0.4 is 20.1 Å². The van der Waals surface area contributed by atoms with Crippen molar-refractivity contribution in [2.45, 2.75) is 44.6 Å². The maximum Gasteiger partial charge on any atom is 0.251 e. The van der Waals surface area contributed by atoms with E-state index in [4.69, 9.17) is 4.74 Å². The van der Waals surface area contributed by atoms with E-state index in [2.05, 4.69) is 22.3 Å². The lowest BCUT2D eigenvalue weighted by molar-refractivity contribution is 0.0954. The van der Waals surface area contributed by atoms with Crippen LogP contribution in [0.5, 0.6) is 5.75 Å². The fourth-order valence-electron chi connectivity index (χ4n) is 4.72. The van der Waals surface area contributed by atoms with Gasteiger partial charge in [-0.15, -0.1) is 0 Å². The van der Waals surface area contributed by atoms with Crippen molar-refractivity contribution in [2.75, 3.05) is 33.0 Å². The van der Waals surface area contributed by atoms with E-state index in [9.17, 15) is 17.6 Å². The molecule has 3 rings (SSSR count). The molecule has 0 aliphatic heterocycles. The summed E-state index contributed by atoms with van der Waals surface area (Å²) in [6.07, 6.45) is 5.60. The third-order valence-corrected chi connectivity index (χ3v) is 7.35. The largest absolute Gasteiger partial charge is 0.496 e. The van der Waals surface area contributed by atoms with Gasteiger partial charge in [0.15, 0.2) is 0 Å². The number of ether oxygens (including phenoxy) is 1. The molecular weight excluding hydrogens is 469 g/mol. The van der Waals surface area contributed by atoms with Crippen LogP contribution >= 0.6 is 0 Å². The molecule has 2 aromatic rings. The fourth-order valence-corrected chi connectivity index (χ4v) is 5.19. The standard InChI is InChI=1S/C26H36FN3O4S/c1-18(24-11-10-23(27)17-25(24)34-2)28-13-12-19-4-5-22(16-19)20-6-8-21(9-7-20)26(31)29-14-15-30-35(3,32)33/h6-11,17-19,22,28,30H,4-5,12-16H2,1-3H3,(H,29,31). The maximum atomic E-state index is 13.4. The van der Waals surface area contributed by atoms with Gasteiger partial charge in [-0.1, -0.05) is 18.2 Å². The third-order valence-electron chi connectivity index (χ3n) is 6.63. The van der Waals surface area contributed by atoms with Gasteiger partial charge in [0.05, 0.1) is 13.4 Å². The molecular formula is C26H36FN3O4S. The summed E-state index contributed by atoms with van der Waals surface area (Å²) in [5.41, 5.74) is 2.77. The molecule has 3 N–H and O–H groups in total. The Labute approximate surface area is 207 Å². The molecule has 0 saturated heterocycles. The fraction of sp³-hybridized carbons (Fsp3) is 0.500. The van der Waals surface area contributed by atoms with E-state index in [0.29, 0.717) is 23.1 Å². The molecule has 0 aromatic heterocycles. The lowest BCUT2D eigenvalue weighted by atomic mass is 9.94. The SMILES string of the molecule is COc1cc(F)ccc1C(C)NCCC1CCC(c2ccc(C(=O)NCCNS(C)(=O)=O)cc2)C1. The smallest absolute Gasteiger partial charge is 0.251 e. The van der Waals surface area contributed by atoms with Crippen LogP contribution in [0.3, 0.4) is 0 Å². The molecule has 0 bridgehead atoms. The maximum absolute atomic E-state index is 13.4.